The van der Waals surface area contributed by atoms with Gasteiger partial charge in [-0.05, 0) is 18.3 Å². The Labute approximate surface area is 111 Å². The van der Waals surface area contributed by atoms with Gasteiger partial charge in [0.25, 0.3) is 0 Å². The predicted molar refractivity (Wildman–Crippen MR) is 68.9 cm³/mol. The number of para-hydroxylation sites is 1. The molecule has 0 aliphatic rings. The van der Waals surface area contributed by atoms with Gasteiger partial charge in [0, 0.05) is 12.1 Å². The molecule has 102 valence electrons. The van der Waals surface area contributed by atoms with Crippen molar-refractivity contribution in [2.75, 3.05) is 14.2 Å². The standard InChI is InChI=1S/C12H17N5O2/c1-13-7-9-5-4-6-10(18-3)12(9)19-8-11-14-16-17(2)15-11/h4-6,13H,7-8H2,1-3H3. The summed E-state index contributed by atoms with van der Waals surface area (Å²) in [5.41, 5.74) is 1.02. The summed E-state index contributed by atoms with van der Waals surface area (Å²) >= 11 is 0. The molecule has 2 aromatic rings. The molecule has 0 fully saturated rings. The van der Waals surface area contributed by atoms with Gasteiger partial charge in [0.1, 0.15) is 0 Å². The molecule has 2 rings (SSSR count). The molecule has 0 bridgehead atoms. The van der Waals surface area contributed by atoms with Gasteiger partial charge in [0.05, 0.1) is 14.2 Å². The van der Waals surface area contributed by atoms with Crippen molar-refractivity contribution in [1.29, 1.82) is 0 Å². The third-order valence-electron chi connectivity index (χ3n) is 2.54. The Bertz CT molecular complexity index is 541. The Hall–Kier alpha value is -2.15. The molecule has 7 heteroatoms. The van der Waals surface area contributed by atoms with Crippen LogP contribution in [0.1, 0.15) is 11.4 Å². The van der Waals surface area contributed by atoms with E-state index in [0.29, 0.717) is 23.9 Å². The number of aromatic nitrogens is 4. The molecule has 0 unspecified atom stereocenters. The number of hydrogen-bond acceptors (Lipinski definition) is 6. The number of nitrogens with zero attached hydrogens (tertiary/aromatic N) is 4. The molecule has 0 radical (unpaired) electrons. The fourth-order valence-corrected chi connectivity index (χ4v) is 1.73. The van der Waals surface area contributed by atoms with Gasteiger partial charge in [-0.25, -0.2) is 0 Å². The summed E-state index contributed by atoms with van der Waals surface area (Å²) in [5, 5.41) is 14.8. The number of tetrazole rings is 1. The van der Waals surface area contributed by atoms with E-state index in [1.807, 2.05) is 25.2 Å². The van der Waals surface area contributed by atoms with Crippen molar-refractivity contribution in [2.24, 2.45) is 7.05 Å². The Morgan fingerprint density at radius 2 is 2.21 bits per heavy atom. The first-order chi connectivity index (χ1) is 9.24. The second kappa shape index (κ2) is 6.14. The second-order valence-corrected chi connectivity index (χ2v) is 3.96. The molecule has 19 heavy (non-hydrogen) atoms. The maximum Gasteiger partial charge on any atom is 0.212 e. The Morgan fingerprint density at radius 1 is 1.37 bits per heavy atom. The molecule has 0 saturated heterocycles. The number of nitrogens with one attached hydrogen (secondary N) is 1. The van der Waals surface area contributed by atoms with Crippen LogP contribution in [0.5, 0.6) is 11.5 Å². The molecular formula is C12H17N5O2. The minimum atomic E-state index is 0.255. The highest BCUT2D eigenvalue weighted by molar-refractivity contribution is 5.46. The molecule has 1 aromatic heterocycles. The third kappa shape index (κ3) is 3.19. The van der Waals surface area contributed by atoms with Crippen molar-refractivity contribution in [3.8, 4) is 11.5 Å². The quantitative estimate of drug-likeness (QED) is 0.819. The molecule has 0 atom stereocenters. The van der Waals surface area contributed by atoms with Gasteiger partial charge in [-0.1, -0.05) is 12.1 Å². The maximum atomic E-state index is 5.77. The van der Waals surface area contributed by atoms with Crippen LogP contribution in [-0.4, -0.2) is 34.4 Å². The second-order valence-electron chi connectivity index (χ2n) is 3.96. The zero-order valence-electron chi connectivity index (χ0n) is 11.3. The van der Waals surface area contributed by atoms with Crippen LogP contribution < -0.4 is 14.8 Å². The lowest BCUT2D eigenvalue weighted by Gasteiger charge is -2.13. The van der Waals surface area contributed by atoms with E-state index in [2.05, 4.69) is 20.7 Å². The molecular weight excluding hydrogens is 246 g/mol. The average Bonchev–Trinajstić information content (AvgIpc) is 2.83. The minimum absolute atomic E-state index is 0.255. The van der Waals surface area contributed by atoms with Gasteiger partial charge in [0.2, 0.25) is 5.82 Å². The number of hydrogen-bond donors (Lipinski definition) is 1. The van der Waals surface area contributed by atoms with Crippen LogP contribution in [0.2, 0.25) is 0 Å². The van der Waals surface area contributed by atoms with Gasteiger partial charge < -0.3 is 14.8 Å². The summed E-state index contributed by atoms with van der Waals surface area (Å²) in [7, 11) is 5.21. The SMILES string of the molecule is CNCc1cccc(OC)c1OCc1nnn(C)n1. The van der Waals surface area contributed by atoms with Crippen LogP contribution in [0.15, 0.2) is 18.2 Å². The monoisotopic (exact) mass is 263 g/mol. The fourth-order valence-electron chi connectivity index (χ4n) is 1.73. The summed E-state index contributed by atoms with van der Waals surface area (Å²) in [6.07, 6.45) is 0. The molecule has 7 nitrogen and oxygen atoms in total. The van der Waals surface area contributed by atoms with Gasteiger partial charge in [-0.2, -0.15) is 4.80 Å². The molecule has 0 amide bonds. The molecule has 0 spiro atoms. The molecule has 1 heterocycles. The van der Waals surface area contributed by atoms with Crippen molar-refractivity contribution in [3.05, 3.63) is 29.6 Å². The molecule has 0 aliphatic carbocycles. The summed E-state index contributed by atoms with van der Waals surface area (Å²) in [4.78, 5) is 1.40. The van der Waals surface area contributed by atoms with Crippen molar-refractivity contribution < 1.29 is 9.47 Å². The summed E-state index contributed by atoms with van der Waals surface area (Å²) in [5.74, 6) is 1.92. The Morgan fingerprint density at radius 3 is 2.84 bits per heavy atom. The lowest BCUT2D eigenvalue weighted by atomic mass is 10.2. The van der Waals surface area contributed by atoms with Crippen LogP contribution in [0.25, 0.3) is 0 Å². The average molecular weight is 263 g/mol. The predicted octanol–water partition coefficient (Wildman–Crippen LogP) is 0.517. The third-order valence-corrected chi connectivity index (χ3v) is 2.54. The first-order valence-electron chi connectivity index (χ1n) is 5.90. The lowest BCUT2D eigenvalue weighted by molar-refractivity contribution is 0.272. The Balaban J connectivity index is 2.17. The molecule has 0 saturated carbocycles. The molecule has 1 N–H and O–H groups in total. The summed E-state index contributed by atoms with van der Waals surface area (Å²) in [6.45, 7) is 0.950. The van der Waals surface area contributed by atoms with Crippen LogP contribution in [0.4, 0.5) is 0 Å². The summed E-state index contributed by atoms with van der Waals surface area (Å²) < 4.78 is 11.1. The van der Waals surface area contributed by atoms with Gasteiger partial charge in [0.15, 0.2) is 18.1 Å². The highest BCUT2D eigenvalue weighted by Gasteiger charge is 2.11. The van der Waals surface area contributed by atoms with E-state index >= 15 is 0 Å². The number of rotatable bonds is 6. The van der Waals surface area contributed by atoms with Crippen molar-refractivity contribution in [3.63, 3.8) is 0 Å². The molecule has 0 aliphatic heterocycles. The van der Waals surface area contributed by atoms with Crippen molar-refractivity contribution in [1.82, 2.24) is 25.5 Å². The molecule has 1 aromatic carbocycles. The van der Waals surface area contributed by atoms with Crippen LogP contribution in [0.3, 0.4) is 0 Å². The van der Waals surface area contributed by atoms with Crippen LogP contribution in [0, 0.1) is 0 Å². The van der Waals surface area contributed by atoms with Gasteiger partial charge in [-0.3, -0.25) is 0 Å². The lowest BCUT2D eigenvalue weighted by Crippen LogP contribution is -2.09. The minimum Gasteiger partial charge on any atom is -0.493 e. The van der Waals surface area contributed by atoms with E-state index in [1.54, 1.807) is 14.2 Å². The number of benzene rings is 1. The fraction of sp³-hybridized carbons (Fsp3) is 0.417. The van der Waals surface area contributed by atoms with Crippen molar-refractivity contribution >= 4 is 0 Å². The highest BCUT2D eigenvalue weighted by atomic mass is 16.5. The normalized spacial score (nSPS) is 10.5. The first kappa shape index (κ1) is 13.3. The van der Waals surface area contributed by atoms with Gasteiger partial charge >= 0.3 is 0 Å². The topological polar surface area (TPSA) is 74.1 Å². The highest BCUT2D eigenvalue weighted by Crippen LogP contribution is 2.31. The zero-order chi connectivity index (χ0) is 13.7. The van der Waals surface area contributed by atoms with E-state index in [-0.39, 0.29) is 6.61 Å². The Kier molecular flexibility index (Phi) is 4.30. The van der Waals surface area contributed by atoms with Gasteiger partial charge in [-0.15, -0.1) is 10.2 Å². The zero-order valence-corrected chi connectivity index (χ0v) is 11.3. The number of aryl methyl sites for hydroxylation is 1. The number of methoxy groups -OCH3 is 1. The first-order valence-corrected chi connectivity index (χ1v) is 5.90. The van der Waals surface area contributed by atoms with Crippen molar-refractivity contribution in [2.45, 2.75) is 13.2 Å². The smallest absolute Gasteiger partial charge is 0.212 e. The summed E-state index contributed by atoms with van der Waals surface area (Å²) in [6, 6.07) is 5.77. The van der Waals surface area contributed by atoms with Crippen LogP contribution >= 0.6 is 0 Å². The largest absolute Gasteiger partial charge is 0.493 e. The van der Waals surface area contributed by atoms with E-state index < -0.39 is 0 Å². The number of ether oxygens (including phenoxy) is 2. The maximum absolute atomic E-state index is 5.77. The van der Waals surface area contributed by atoms with E-state index in [4.69, 9.17) is 9.47 Å². The van der Waals surface area contributed by atoms with Crippen LogP contribution in [-0.2, 0) is 20.2 Å². The van der Waals surface area contributed by atoms with E-state index in [9.17, 15) is 0 Å². The van der Waals surface area contributed by atoms with E-state index in [1.165, 1.54) is 4.80 Å². The van der Waals surface area contributed by atoms with E-state index in [0.717, 1.165) is 5.56 Å².